The Labute approximate surface area is 112 Å². The van der Waals surface area contributed by atoms with Crippen molar-refractivity contribution in [3.63, 3.8) is 0 Å². The first-order valence-corrected chi connectivity index (χ1v) is 6.34. The SMILES string of the molecule is CCCC(CC)NC(=O)c1cccc(N)c1[N+](=O)[O-]. The van der Waals surface area contributed by atoms with Crippen LogP contribution in [0.5, 0.6) is 0 Å². The summed E-state index contributed by atoms with van der Waals surface area (Å²) in [5, 5.41) is 13.8. The topological polar surface area (TPSA) is 98.3 Å². The van der Waals surface area contributed by atoms with Gasteiger partial charge in [0, 0.05) is 6.04 Å². The number of carbonyl (C=O) groups excluding carboxylic acids is 1. The Kier molecular flexibility index (Phi) is 5.29. The Morgan fingerprint density at radius 2 is 2.16 bits per heavy atom. The van der Waals surface area contributed by atoms with Crippen LogP contribution in [0, 0.1) is 10.1 Å². The molecule has 0 aliphatic rings. The standard InChI is InChI=1S/C13H19N3O3/c1-3-6-9(4-2)15-13(17)10-7-5-8-11(14)12(10)16(18)19/h5,7-9H,3-4,6,14H2,1-2H3,(H,15,17). The second-order valence-electron chi connectivity index (χ2n) is 4.37. The van der Waals surface area contributed by atoms with Crippen LogP contribution in [0.25, 0.3) is 0 Å². The highest BCUT2D eigenvalue weighted by Gasteiger charge is 2.24. The molecule has 0 bridgehead atoms. The molecule has 0 aliphatic carbocycles. The highest BCUT2D eigenvalue weighted by atomic mass is 16.6. The number of carbonyl (C=O) groups is 1. The van der Waals surface area contributed by atoms with Crippen LogP contribution in [-0.4, -0.2) is 16.9 Å². The molecule has 6 nitrogen and oxygen atoms in total. The van der Waals surface area contributed by atoms with Crippen LogP contribution in [0.3, 0.4) is 0 Å². The van der Waals surface area contributed by atoms with Crippen LogP contribution in [0.4, 0.5) is 11.4 Å². The number of benzene rings is 1. The summed E-state index contributed by atoms with van der Waals surface area (Å²) in [6.07, 6.45) is 2.58. The molecule has 19 heavy (non-hydrogen) atoms. The Hall–Kier alpha value is -2.11. The molecule has 0 heterocycles. The number of nitrogens with two attached hydrogens (primary N) is 1. The monoisotopic (exact) mass is 265 g/mol. The highest BCUT2D eigenvalue weighted by molar-refractivity contribution is 6.00. The predicted molar refractivity (Wildman–Crippen MR) is 74.0 cm³/mol. The number of nitrogens with zero attached hydrogens (tertiary/aromatic N) is 1. The molecule has 1 atom stereocenters. The van der Waals surface area contributed by atoms with Crippen molar-refractivity contribution in [1.82, 2.24) is 5.32 Å². The van der Waals surface area contributed by atoms with Gasteiger partial charge in [-0.1, -0.05) is 26.3 Å². The van der Waals surface area contributed by atoms with Crippen molar-refractivity contribution >= 4 is 17.3 Å². The molecule has 0 spiro atoms. The lowest BCUT2D eigenvalue weighted by atomic mass is 10.1. The summed E-state index contributed by atoms with van der Waals surface area (Å²) in [7, 11) is 0. The van der Waals surface area contributed by atoms with Gasteiger partial charge < -0.3 is 11.1 Å². The van der Waals surface area contributed by atoms with Crippen molar-refractivity contribution in [2.24, 2.45) is 0 Å². The largest absolute Gasteiger partial charge is 0.393 e. The van der Waals surface area contributed by atoms with Crippen LogP contribution < -0.4 is 11.1 Å². The summed E-state index contributed by atoms with van der Waals surface area (Å²) in [5.41, 5.74) is 5.25. The van der Waals surface area contributed by atoms with Gasteiger partial charge in [0.2, 0.25) is 0 Å². The zero-order valence-electron chi connectivity index (χ0n) is 11.2. The summed E-state index contributed by atoms with van der Waals surface area (Å²) in [4.78, 5) is 22.4. The molecule has 0 aromatic heterocycles. The maximum Gasteiger partial charge on any atom is 0.304 e. The maximum atomic E-state index is 12.1. The molecule has 104 valence electrons. The predicted octanol–water partition coefficient (Wildman–Crippen LogP) is 2.49. The maximum absolute atomic E-state index is 12.1. The van der Waals surface area contributed by atoms with Crippen LogP contribution in [-0.2, 0) is 0 Å². The van der Waals surface area contributed by atoms with Crippen LogP contribution >= 0.6 is 0 Å². The third-order valence-electron chi connectivity index (χ3n) is 2.96. The van der Waals surface area contributed by atoms with Crippen LogP contribution in [0.15, 0.2) is 18.2 Å². The molecule has 0 saturated heterocycles. The van der Waals surface area contributed by atoms with Crippen molar-refractivity contribution in [2.75, 3.05) is 5.73 Å². The molecule has 1 amide bonds. The smallest absolute Gasteiger partial charge is 0.304 e. The van der Waals surface area contributed by atoms with Gasteiger partial charge in [-0.3, -0.25) is 14.9 Å². The van der Waals surface area contributed by atoms with E-state index in [4.69, 9.17) is 5.73 Å². The molecule has 0 radical (unpaired) electrons. The minimum absolute atomic E-state index is 0.00110. The van der Waals surface area contributed by atoms with Gasteiger partial charge in [-0.15, -0.1) is 0 Å². The van der Waals surface area contributed by atoms with Gasteiger partial charge in [0.05, 0.1) is 4.92 Å². The molecular formula is C13H19N3O3. The quantitative estimate of drug-likeness (QED) is 0.469. The van der Waals surface area contributed by atoms with E-state index in [2.05, 4.69) is 5.32 Å². The number of amides is 1. The number of nitro benzene ring substituents is 1. The Morgan fingerprint density at radius 3 is 2.68 bits per heavy atom. The molecule has 1 aromatic carbocycles. The minimum Gasteiger partial charge on any atom is -0.393 e. The Morgan fingerprint density at radius 1 is 1.47 bits per heavy atom. The van der Waals surface area contributed by atoms with Crippen LogP contribution in [0.2, 0.25) is 0 Å². The first-order chi connectivity index (χ1) is 9.01. The van der Waals surface area contributed by atoms with Gasteiger partial charge in [-0.25, -0.2) is 0 Å². The fourth-order valence-electron chi connectivity index (χ4n) is 1.94. The third-order valence-corrected chi connectivity index (χ3v) is 2.96. The molecular weight excluding hydrogens is 246 g/mol. The van der Waals surface area contributed by atoms with Crippen molar-refractivity contribution in [2.45, 2.75) is 39.2 Å². The third kappa shape index (κ3) is 3.67. The lowest BCUT2D eigenvalue weighted by Crippen LogP contribution is -2.34. The highest BCUT2D eigenvalue weighted by Crippen LogP contribution is 2.25. The fourth-order valence-corrected chi connectivity index (χ4v) is 1.94. The van der Waals surface area contributed by atoms with E-state index in [0.29, 0.717) is 0 Å². The number of rotatable bonds is 6. The second-order valence-corrected chi connectivity index (χ2v) is 4.37. The lowest BCUT2D eigenvalue weighted by Gasteiger charge is -2.16. The number of nitrogen functional groups attached to an aromatic ring is 1. The van der Waals surface area contributed by atoms with Crippen molar-refractivity contribution in [1.29, 1.82) is 0 Å². The molecule has 1 aromatic rings. The Balaban J connectivity index is 3.00. The lowest BCUT2D eigenvalue weighted by molar-refractivity contribution is -0.384. The summed E-state index contributed by atoms with van der Waals surface area (Å²) in [5.74, 6) is -0.445. The molecule has 0 fully saturated rings. The fraction of sp³-hybridized carbons (Fsp3) is 0.462. The van der Waals surface area contributed by atoms with Gasteiger partial charge in [0.25, 0.3) is 5.91 Å². The summed E-state index contributed by atoms with van der Waals surface area (Å²) < 4.78 is 0. The minimum atomic E-state index is -0.620. The van der Waals surface area contributed by atoms with Crippen molar-refractivity contribution < 1.29 is 9.72 Å². The van der Waals surface area contributed by atoms with Crippen molar-refractivity contribution in [3.05, 3.63) is 33.9 Å². The summed E-state index contributed by atoms with van der Waals surface area (Å²) in [6, 6.07) is 4.40. The van der Waals surface area contributed by atoms with Gasteiger partial charge in [0.1, 0.15) is 11.3 Å². The number of hydrogen-bond acceptors (Lipinski definition) is 4. The zero-order valence-corrected chi connectivity index (χ0v) is 11.2. The Bertz CT molecular complexity index is 474. The van der Waals surface area contributed by atoms with E-state index in [1.807, 2.05) is 13.8 Å². The number of anilines is 1. The van der Waals surface area contributed by atoms with E-state index in [-0.39, 0.29) is 23.0 Å². The average Bonchev–Trinajstić information content (AvgIpc) is 2.37. The summed E-state index contributed by atoms with van der Waals surface area (Å²) >= 11 is 0. The number of para-hydroxylation sites is 1. The molecule has 6 heteroatoms. The normalized spacial score (nSPS) is 11.9. The van der Waals surface area contributed by atoms with Gasteiger partial charge in [-0.2, -0.15) is 0 Å². The van der Waals surface area contributed by atoms with E-state index in [1.165, 1.54) is 18.2 Å². The van der Waals surface area contributed by atoms with Crippen LogP contribution in [0.1, 0.15) is 43.5 Å². The first kappa shape index (κ1) is 14.9. The van der Waals surface area contributed by atoms with E-state index in [9.17, 15) is 14.9 Å². The molecule has 3 N–H and O–H groups in total. The molecule has 1 unspecified atom stereocenters. The van der Waals surface area contributed by atoms with E-state index < -0.39 is 10.8 Å². The number of nitro groups is 1. The van der Waals surface area contributed by atoms with Crippen molar-refractivity contribution in [3.8, 4) is 0 Å². The average molecular weight is 265 g/mol. The van der Waals surface area contributed by atoms with Gasteiger partial charge in [-0.05, 0) is 25.0 Å². The molecule has 1 rings (SSSR count). The second kappa shape index (κ2) is 6.72. The first-order valence-electron chi connectivity index (χ1n) is 6.34. The number of hydrogen-bond donors (Lipinski definition) is 2. The van der Waals surface area contributed by atoms with E-state index in [1.54, 1.807) is 0 Å². The molecule has 0 aliphatic heterocycles. The molecule has 0 saturated carbocycles. The zero-order chi connectivity index (χ0) is 14.4. The van der Waals surface area contributed by atoms with E-state index >= 15 is 0 Å². The number of nitrogens with one attached hydrogen (secondary N) is 1. The van der Waals surface area contributed by atoms with Gasteiger partial charge >= 0.3 is 5.69 Å². The van der Waals surface area contributed by atoms with E-state index in [0.717, 1.165) is 19.3 Å². The van der Waals surface area contributed by atoms with Gasteiger partial charge in [0.15, 0.2) is 0 Å². The summed E-state index contributed by atoms with van der Waals surface area (Å²) in [6.45, 7) is 3.99.